The number of aryl methyl sites for hydroxylation is 2. The van der Waals surface area contributed by atoms with E-state index in [1.54, 1.807) is 6.07 Å². The van der Waals surface area contributed by atoms with Gasteiger partial charge in [0.25, 0.3) is 0 Å². The Morgan fingerprint density at radius 2 is 1.84 bits per heavy atom. The Morgan fingerprint density at radius 1 is 1.12 bits per heavy atom. The van der Waals surface area contributed by atoms with E-state index in [-0.39, 0.29) is 6.04 Å². The summed E-state index contributed by atoms with van der Waals surface area (Å²) >= 11 is 0. The lowest BCUT2D eigenvalue weighted by Gasteiger charge is -2.33. The lowest BCUT2D eigenvalue weighted by atomic mass is 9.99. The van der Waals surface area contributed by atoms with Crippen LogP contribution >= 0.6 is 0 Å². The Bertz CT molecular complexity index is 862. The van der Waals surface area contributed by atoms with Crippen LogP contribution in [-0.2, 0) is 23.0 Å². The molecule has 2 aromatic carbocycles. The fourth-order valence-corrected chi connectivity index (χ4v) is 4.78. The molecule has 3 rings (SSSR count). The van der Waals surface area contributed by atoms with Gasteiger partial charge in [0.2, 0.25) is 10.0 Å². The van der Waals surface area contributed by atoms with Gasteiger partial charge in [-0.2, -0.15) is 0 Å². The third kappa shape index (κ3) is 4.11. The standard InChI is InChI=1S/C20H26N2O2S/c1-15-8-9-16(2)20(12-15)25(23,24)21-13-17(3)22-11-10-18-6-4-5-7-19(18)14-22/h4-9,12,17,21H,10-11,13-14H2,1-3H3. The van der Waals surface area contributed by atoms with Gasteiger partial charge in [-0.25, -0.2) is 13.1 Å². The zero-order valence-corrected chi connectivity index (χ0v) is 15.9. The minimum atomic E-state index is -3.48. The topological polar surface area (TPSA) is 49.4 Å². The summed E-state index contributed by atoms with van der Waals surface area (Å²) in [7, 11) is -3.48. The molecule has 1 aliphatic heterocycles. The quantitative estimate of drug-likeness (QED) is 0.894. The maximum Gasteiger partial charge on any atom is 0.240 e. The number of rotatable bonds is 5. The second-order valence-electron chi connectivity index (χ2n) is 6.96. The first kappa shape index (κ1) is 18.1. The number of fused-ring (bicyclic) bond motifs is 1. The van der Waals surface area contributed by atoms with Crippen molar-refractivity contribution in [2.24, 2.45) is 0 Å². The number of benzene rings is 2. The van der Waals surface area contributed by atoms with Gasteiger partial charge < -0.3 is 0 Å². The lowest BCUT2D eigenvalue weighted by molar-refractivity contribution is 0.192. The third-order valence-electron chi connectivity index (χ3n) is 4.99. The van der Waals surface area contributed by atoms with Crippen LogP contribution in [0.5, 0.6) is 0 Å². The number of nitrogens with one attached hydrogen (secondary N) is 1. The predicted molar refractivity (Wildman–Crippen MR) is 101 cm³/mol. The van der Waals surface area contributed by atoms with Crippen molar-refractivity contribution >= 4 is 10.0 Å². The van der Waals surface area contributed by atoms with Crippen molar-refractivity contribution in [3.8, 4) is 0 Å². The van der Waals surface area contributed by atoms with Crippen molar-refractivity contribution in [1.29, 1.82) is 0 Å². The highest BCUT2D eigenvalue weighted by Gasteiger charge is 2.23. The minimum Gasteiger partial charge on any atom is -0.295 e. The van der Waals surface area contributed by atoms with E-state index in [9.17, 15) is 8.42 Å². The molecule has 0 amide bonds. The van der Waals surface area contributed by atoms with Crippen LogP contribution < -0.4 is 4.72 Å². The van der Waals surface area contributed by atoms with Gasteiger partial charge in [-0.1, -0.05) is 36.4 Å². The molecule has 1 atom stereocenters. The molecule has 25 heavy (non-hydrogen) atoms. The van der Waals surface area contributed by atoms with Crippen molar-refractivity contribution in [3.05, 3.63) is 64.7 Å². The molecular formula is C20H26N2O2S. The molecule has 0 radical (unpaired) electrons. The van der Waals surface area contributed by atoms with E-state index in [4.69, 9.17) is 0 Å². The van der Waals surface area contributed by atoms with E-state index in [0.717, 1.165) is 30.6 Å². The van der Waals surface area contributed by atoms with Gasteiger partial charge in [-0.05, 0) is 55.5 Å². The molecule has 0 saturated carbocycles. The summed E-state index contributed by atoms with van der Waals surface area (Å²) in [6.07, 6.45) is 1.02. The Balaban J connectivity index is 1.66. The van der Waals surface area contributed by atoms with E-state index in [0.29, 0.717) is 11.4 Å². The molecule has 0 aliphatic carbocycles. The number of hydrogen-bond donors (Lipinski definition) is 1. The molecule has 2 aromatic rings. The molecule has 0 bridgehead atoms. The van der Waals surface area contributed by atoms with Gasteiger partial charge in [-0.15, -0.1) is 0 Å². The van der Waals surface area contributed by atoms with Crippen LogP contribution in [0.1, 0.15) is 29.2 Å². The van der Waals surface area contributed by atoms with E-state index >= 15 is 0 Å². The van der Waals surface area contributed by atoms with Crippen molar-refractivity contribution in [3.63, 3.8) is 0 Å². The number of hydrogen-bond acceptors (Lipinski definition) is 3. The molecule has 5 heteroatoms. The molecule has 4 nitrogen and oxygen atoms in total. The number of sulfonamides is 1. The first-order chi connectivity index (χ1) is 11.9. The molecule has 0 fully saturated rings. The van der Waals surface area contributed by atoms with Crippen molar-refractivity contribution in [2.75, 3.05) is 13.1 Å². The summed E-state index contributed by atoms with van der Waals surface area (Å²) in [5.41, 5.74) is 4.48. The summed E-state index contributed by atoms with van der Waals surface area (Å²) in [6, 6.07) is 14.2. The Labute approximate surface area is 150 Å². The molecule has 1 unspecified atom stereocenters. The van der Waals surface area contributed by atoms with Gasteiger partial charge >= 0.3 is 0 Å². The monoisotopic (exact) mass is 358 g/mol. The van der Waals surface area contributed by atoms with Crippen LogP contribution in [0.15, 0.2) is 47.4 Å². The van der Waals surface area contributed by atoms with Gasteiger partial charge in [0.1, 0.15) is 0 Å². The highest BCUT2D eigenvalue weighted by atomic mass is 32.2. The zero-order valence-electron chi connectivity index (χ0n) is 15.1. The summed E-state index contributed by atoms with van der Waals surface area (Å²) in [5, 5.41) is 0. The SMILES string of the molecule is Cc1ccc(C)c(S(=O)(=O)NCC(C)N2CCc3ccccc3C2)c1. The van der Waals surface area contributed by atoms with Crippen LogP contribution in [0, 0.1) is 13.8 Å². The van der Waals surface area contributed by atoms with Gasteiger partial charge in [0, 0.05) is 25.7 Å². The minimum absolute atomic E-state index is 0.147. The Morgan fingerprint density at radius 3 is 2.60 bits per heavy atom. The molecule has 134 valence electrons. The van der Waals surface area contributed by atoms with Crippen LogP contribution in [-0.4, -0.2) is 32.4 Å². The highest BCUT2D eigenvalue weighted by Crippen LogP contribution is 2.21. The fourth-order valence-electron chi connectivity index (χ4n) is 3.33. The Hall–Kier alpha value is -1.69. The summed E-state index contributed by atoms with van der Waals surface area (Å²) < 4.78 is 28.1. The summed E-state index contributed by atoms with van der Waals surface area (Å²) in [4.78, 5) is 2.72. The second kappa shape index (κ2) is 7.28. The number of nitrogens with zero attached hydrogens (tertiary/aromatic N) is 1. The lowest BCUT2D eigenvalue weighted by Crippen LogP contribution is -2.44. The predicted octanol–water partition coefficient (Wildman–Crippen LogP) is 3.03. The molecule has 0 spiro atoms. The van der Waals surface area contributed by atoms with Crippen LogP contribution in [0.2, 0.25) is 0 Å². The maximum atomic E-state index is 12.7. The molecular weight excluding hydrogens is 332 g/mol. The average Bonchev–Trinajstić information content (AvgIpc) is 2.61. The Kier molecular flexibility index (Phi) is 5.27. The largest absolute Gasteiger partial charge is 0.295 e. The van der Waals surface area contributed by atoms with Crippen LogP contribution in [0.4, 0.5) is 0 Å². The average molecular weight is 359 g/mol. The maximum absolute atomic E-state index is 12.7. The van der Waals surface area contributed by atoms with E-state index < -0.39 is 10.0 Å². The summed E-state index contributed by atoms with van der Waals surface area (Å²) in [6.45, 7) is 8.08. The van der Waals surface area contributed by atoms with E-state index in [1.807, 2.05) is 26.0 Å². The zero-order chi connectivity index (χ0) is 18.0. The van der Waals surface area contributed by atoms with Gasteiger partial charge in [0.05, 0.1) is 4.90 Å². The van der Waals surface area contributed by atoms with E-state index in [2.05, 4.69) is 40.8 Å². The summed E-state index contributed by atoms with van der Waals surface area (Å²) in [5.74, 6) is 0. The first-order valence-electron chi connectivity index (χ1n) is 8.74. The van der Waals surface area contributed by atoms with Crippen LogP contribution in [0.25, 0.3) is 0 Å². The molecule has 0 aromatic heterocycles. The van der Waals surface area contributed by atoms with E-state index in [1.165, 1.54) is 11.1 Å². The van der Waals surface area contributed by atoms with Crippen molar-refractivity contribution in [2.45, 2.75) is 44.7 Å². The third-order valence-corrected chi connectivity index (χ3v) is 6.55. The van der Waals surface area contributed by atoms with Gasteiger partial charge in [0.15, 0.2) is 0 Å². The van der Waals surface area contributed by atoms with Crippen molar-refractivity contribution in [1.82, 2.24) is 9.62 Å². The molecule has 1 aliphatic rings. The fraction of sp³-hybridized carbons (Fsp3) is 0.400. The molecule has 1 N–H and O–H groups in total. The second-order valence-corrected chi connectivity index (χ2v) is 8.69. The molecule has 0 saturated heterocycles. The van der Waals surface area contributed by atoms with Crippen molar-refractivity contribution < 1.29 is 8.42 Å². The first-order valence-corrected chi connectivity index (χ1v) is 10.2. The normalized spacial score (nSPS) is 16.4. The molecule has 1 heterocycles. The van der Waals surface area contributed by atoms with Crippen LogP contribution in [0.3, 0.4) is 0 Å². The smallest absolute Gasteiger partial charge is 0.240 e. The van der Waals surface area contributed by atoms with Gasteiger partial charge in [-0.3, -0.25) is 4.90 Å². The highest BCUT2D eigenvalue weighted by molar-refractivity contribution is 7.89.